The summed E-state index contributed by atoms with van der Waals surface area (Å²) in [7, 11) is 0. The van der Waals surface area contributed by atoms with Gasteiger partial charge in [-0.3, -0.25) is 4.90 Å². The van der Waals surface area contributed by atoms with E-state index >= 15 is 0 Å². The Hall–Kier alpha value is -2.38. The molecule has 0 unspecified atom stereocenters. The summed E-state index contributed by atoms with van der Waals surface area (Å²) in [5.41, 5.74) is 3.57. The van der Waals surface area contributed by atoms with Crippen LogP contribution in [0.4, 0.5) is 10.5 Å². The second-order valence-corrected chi connectivity index (χ2v) is 7.99. The first kappa shape index (κ1) is 18.0. The zero-order valence-electron chi connectivity index (χ0n) is 15.4. The van der Waals surface area contributed by atoms with Crippen molar-refractivity contribution >= 4 is 33.3 Å². The lowest BCUT2D eigenvalue weighted by molar-refractivity contribution is 0.165. The SMILES string of the molecule is Cc1ccc(CN2CCC(CNC(=O)Nc3ccc4ncsc4c3)CC2)o1. The first-order valence-corrected chi connectivity index (χ1v) is 10.2. The zero-order valence-corrected chi connectivity index (χ0v) is 16.2. The Morgan fingerprint density at radius 1 is 1.30 bits per heavy atom. The summed E-state index contributed by atoms with van der Waals surface area (Å²) >= 11 is 1.57. The van der Waals surface area contributed by atoms with Gasteiger partial charge in [0.15, 0.2) is 0 Å². The van der Waals surface area contributed by atoms with Gasteiger partial charge in [0, 0.05) is 12.2 Å². The Morgan fingerprint density at radius 2 is 2.15 bits per heavy atom. The van der Waals surface area contributed by atoms with Gasteiger partial charge in [0.1, 0.15) is 11.5 Å². The molecule has 6 nitrogen and oxygen atoms in total. The average molecular weight is 385 g/mol. The van der Waals surface area contributed by atoms with E-state index in [1.54, 1.807) is 11.3 Å². The Morgan fingerprint density at radius 3 is 2.93 bits per heavy atom. The predicted molar refractivity (Wildman–Crippen MR) is 108 cm³/mol. The molecule has 142 valence electrons. The van der Waals surface area contributed by atoms with E-state index in [0.29, 0.717) is 12.5 Å². The first-order chi connectivity index (χ1) is 13.2. The van der Waals surface area contributed by atoms with Crippen molar-refractivity contribution < 1.29 is 9.21 Å². The number of anilines is 1. The molecule has 1 fully saturated rings. The summed E-state index contributed by atoms with van der Waals surface area (Å²) in [5.74, 6) is 2.51. The summed E-state index contributed by atoms with van der Waals surface area (Å²) in [4.78, 5) is 18.8. The number of piperidine rings is 1. The van der Waals surface area contributed by atoms with Crippen LogP contribution in [0.2, 0.25) is 0 Å². The molecule has 27 heavy (non-hydrogen) atoms. The van der Waals surface area contributed by atoms with Gasteiger partial charge in [0.05, 0.1) is 22.3 Å². The summed E-state index contributed by atoms with van der Waals surface area (Å²) < 4.78 is 6.74. The molecular weight excluding hydrogens is 360 g/mol. The number of carbonyl (C=O) groups is 1. The minimum Gasteiger partial charge on any atom is -0.465 e. The summed E-state index contributed by atoms with van der Waals surface area (Å²) in [6.45, 7) is 5.63. The van der Waals surface area contributed by atoms with Crippen molar-refractivity contribution in [2.75, 3.05) is 25.0 Å². The monoisotopic (exact) mass is 384 g/mol. The lowest BCUT2D eigenvalue weighted by atomic mass is 9.97. The number of likely N-dealkylation sites (tertiary alicyclic amines) is 1. The maximum Gasteiger partial charge on any atom is 0.319 e. The van der Waals surface area contributed by atoms with E-state index < -0.39 is 0 Å². The maximum absolute atomic E-state index is 12.2. The molecule has 4 rings (SSSR count). The van der Waals surface area contributed by atoms with E-state index in [9.17, 15) is 4.79 Å². The number of aromatic nitrogens is 1. The number of nitrogens with one attached hydrogen (secondary N) is 2. The number of amides is 2. The van der Waals surface area contributed by atoms with Crippen LogP contribution in [0.25, 0.3) is 10.2 Å². The van der Waals surface area contributed by atoms with Crippen LogP contribution in [0.5, 0.6) is 0 Å². The third-order valence-electron chi connectivity index (χ3n) is 5.02. The molecule has 1 aliphatic heterocycles. The Balaban J connectivity index is 1.19. The van der Waals surface area contributed by atoms with Gasteiger partial charge in [-0.25, -0.2) is 9.78 Å². The largest absolute Gasteiger partial charge is 0.465 e. The molecule has 1 aromatic carbocycles. The van der Waals surface area contributed by atoms with E-state index in [0.717, 1.165) is 59.9 Å². The third-order valence-corrected chi connectivity index (χ3v) is 5.81. The Bertz CT molecular complexity index is 911. The molecule has 1 aliphatic rings. The van der Waals surface area contributed by atoms with Crippen molar-refractivity contribution in [2.24, 2.45) is 5.92 Å². The quantitative estimate of drug-likeness (QED) is 0.691. The van der Waals surface area contributed by atoms with Gasteiger partial charge in [-0.15, -0.1) is 11.3 Å². The van der Waals surface area contributed by atoms with Crippen molar-refractivity contribution in [3.05, 3.63) is 47.4 Å². The van der Waals surface area contributed by atoms with E-state index in [2.05, 4.69) is 26.6 Å². The lowest BCUT2D eigenvalue weighted by Crippen LogP contribution is -2.39. The van der Waals surface area contributed by atoms with Gasteiger partial charge in [-0.1, -0.05) is 0 Å². The minimum absolute atomic E-state index is 0.146. The number of fused-ring (bicyclic) bond motifs is 1. The molecular formula is C20H24N4O2S. The van der Waals surface area contributed by atoms with Gasteiger partial charge in [-0.05, 0) is 69.1 Å². The molecule has 2 amide bonds. The number of urea groups is 1. The van der Waals surface area contributed by atoms with Crippen molar-refractivity contribution in [1.82, 2.24) is 15.2 Å². The number of nitrogens with zero attached hydrogens (tertiary/aromatic N) is 2. The van der Waals surface area contributed by atoms with Crippen molar-refractivity contribution in [1.29, 1.82) is 0 Å². The molecule has 1 saturated heterocycles. The topological polar surface area (TPSA) is 70.4 Å². The second-order valence-electron chi connectivity index (χ2n) is 7.10. The van der Waals surface area contributed by atoms with Crippen LogP contribution in [0.15, 0.2) is 40.3 Å². The van der Waals surface area contributed by atoms with Crippen molar-refractivity contribution in [3.63, 3.8) is 0 Å². The molecule has 3 aromatic rings. The molecule has 2 N–H and O–H groups in total. The summed E-state index contributed by atoms with van der Waals surface area (Å²) in [6.07, 6.45) is 2.18. The molecule has 3 heterocycles. The minimum atomic E-state index is -0.146. The Labute approximate surface area is 162 Å². The molecule has 2 aromatic heterocycles. The fourth-order valence-electron chi connectivity index (χ4n) is 3.48. The number of hydrogen-bond donors (Lipinski definition) is 2. The molecule has 7 heteroatoms. The summed E-state index contributed by atoms with van der Waals surface area (Å²) in [6, 6.07) is 9.69. The highest BCUT2D eigenvalue weighted by atomic mass is 32.1. The molecule has 0 aliphatic carbocycles. The predicted octanol–water partition coefficient (Wildman–Crippen LogP) is 4.23. The van der Waals surface area contributed by atoms with Crippen LogP contribution >= 0.6 is 11.3 Å². The smallest absolute Gasteiger partial charge is 0.319 e. The average Bonchev–Trinajstić information content (AvgIpc) is 3.29. The van der Waals surface area contributed by atoms with E-state index in [4.69, 9.17) is 4.42 Å². The maximum atomic E-state index is 12.2. The molecule has 0 radical (unpaired) electrons. The fourth-order valence-corrected chi connectivity index (χ4v) is 4.20. The standard InChI is InChI=1S/C20H24N4O2S/c1-14-2-4-17(26-14)12-24-8-6-15(7-9-24)11-21-20(25)23-16-3-5-18-19(10-16)27-13-22-18/h2-5,10,13,15H,6-9,11-12H2,1H3,(H2,21,23,25). The van der Waals surface area contributed by atoms with Crippen molar-refractivity contribution in [2.45, 2.75) is 26.3 Å². The van der Waals surface area contributed by atoms with Crippen LogP contribution in [0.3, 0.4) is 0 Å². The highest BCUT2D eigenvalue weighted by Gasteiger charge is 2.20. The van der Waals surface area contributed by atoms with Crippen LogP contribution in [0, 0.1) is 12.8 Å². The molecule has 0 saturated carbocycles. The van der Waals surface area contributed by atoms with Gasteiger partial charge in [-0.2, -0.15) is 0 Å². The number of carbonyl (C=O) groups excluding carboxylic acids is 1. The second kappa shape index (κ2) is 8.10. The highest BCUT2D eigenvalue weighted by Crippen LogP contribution is 2.22. The van der Waals surface area contributed by atoms with Gasteiger partial charge >= 0.3 is 6.03 Å². The first-order valence-electron chi connectivity index (χ1n) is 9.31. The number of thiazole rings is 1. The number of furan rings is 1. The highest BCUT2D eigenvalue weighted by molar-refractivity contribution is 7.16. The number of benzene rings is 1. The van der Waals surface area contributed by atoms with Gasteiger partial charge in [0.2, 0.25) is 0 Å². The van der Waals surface area contributed by atoms with Crippen LogP contribution in [-0.2, 0) is 6.54 Å². The number of hydrogen-bond acceptors (Lipinski definition) is 5. The molecule has 0 spiro atoms. The molecule has 0 bridgehead atoms. The van der Waals surface area contributed by atoms with Gasteiger partial charge in [0.25, 0.3) is 0 Å². The fraction of sp³-hybridized carbons (Fsp3) is 0.400. The Kier molecular flexibility index (Phi) is 5.40. The van der Waals surface area contributed by atoms with Gasteiger partial charge < -0.3 is 15.1 Å². The van der Waals surface area contributed by atoms with E-state index in [-0.39, 0.29) is 6.03 Å². The van der Waals surface area contributed by atoms with E-state index in [1.165, 1.54) is 0 Å². The third kappa shape index (κ3) is 4.67. The van der Waals surface area contributed by atoms with Crippen LogP contribution in [-0.4, -0.2) is 35.5 Å². The van der Waals surface area contributed by atoms with Crippen LogP contribution in [0.1, 0.15) is 24.4 Å². The number of aryl methyl sites for hydroxylation is 1. The zero-order chi connectivity index (χ0) is 18.6. The summed E-state index contributed by atoms with van der Waals surface area (Å²) in [5, 5.41) is 5.92. The van der Waals surface area contributed by atoms with E-state index in [1.807, 2.05) is 36.7 Å². The normalized spacial score (nSPS) is 15.9. The van der Waals surface area contributed by atoms with Crippen LogP contribution < -0.4 is 10.6 Å². The molecule has 0 atom stereocenters. The lowest BCUT2D eigenvalue weighted by Gasteiger charge is -2.31. The van der Waals surface area contributed by atoms with Crippen molar-refractivity contribution in [3.8, 4) is 0 Å². The number of rotatable bonds is 5.